The zero-order chi connectivity index (χ0) is 49.3. The van der Waals surface area contributed by atoms with Crippen molar-refractivity contribution < 1.29 is 28.6 Å². The van der Waals surface area contributed by atoms with Gasteiger partial charge in [0, 0.05) is 19.3 Å². The fourth-order valence-corrected chi connectivity index (χ4v) is 8.30. The van der Waals surface area contributed by atoms with Gasteiger partial charge in [-0.15, -0.1) is 0 Å². The Morgan fingerprint density at radius 3 is 0.853 bits per heavy atom. The van der Waals surface area contributed by atoms with Crippen LogP contribution in [0, 0.1) is 0 Å². The topological polar surface area (TPSA) is 78.9 Å². The van der Waals surface area contributed by atoms with Crippen LogP contribution in [0.2, 0.25) is 0 Å². The number of esters is 3. The molecular weight excluding hydrogens is 841 g/mol. The molecule has 1 atom stereocenters. The fourth-order valence-electron chi connectivity index (χ4n) is 8.30. The summed E-state index contributed by atoms with van der Waals surface area (Å²) < 4.78 is 16.8. The molecular formula is C62H110O6. The molecule has 394 valence electrons. The van der Waals surface area contributed by atoms with Crippen molar-refractivity contribution in [1.29, 1.82) is 0 Å². The van der Waals surface area contributed by atoms with Gasteiger partial charge in [0.2, 0.25) is 0 Å². The van der Waals surface area contributed by atoms with E-state index in [0.717, 1.165) is 83.5 Å². The van der Waals surface area contributed by atoms with Crippen molar-refractivity contribution >= 4 is 17.9 Å². The van der Waals surface area contributed by atoms with Crippen LogP contribution in [0.25, 0.3) is 0 Å². The summed E-state index contributed by atoms with van der Waals surface area (Å²) in [5.41, 5.74) is 0. The smallest absolute Gasteiger partial charge is 0.306 e. The van der Waals surface area contributed by atoms with Gasteiger partial charge in [0.1, 0.15) is 13.2 Å². The van der Waals surface area contributed by atoms with Gasteiger partial charge in [-0.25, -0.2) is 0 Å². The van der Waals surface area contributed by atoms with Crippen LogP contribution >= 0.6 is 0 Å². The summed E-state index contributed by atoms with van der Waals surface area (Å²) in [5, 5.41) is 0. The van der Waals surface area contributed by atoms with Crippen molar-refractivity contribution in [3.05, 3.63) is 60.8 Å². The fraction of sp³-hybridized carbons (Fsp3) is 0.790. The Morgan fingerprint density at radius 1 is 0.294 bits per heavy atom. The first-order valence-corrected chi connectivity index (χ1v) is 29.3. The van der Waals surface area contributed by atoms with Gasteiger partial charge in [-0.05, 0) is 89.9 Å². The summed E-state index contributed by atoms with van der Waals surface area (Å²) in [6.07, 6.45) is 71.0. The Labute approximate surface area is 421 Å². The molecule has 6 nitrogen and oxygen atoms in total. The first kappa shape index (κ1) is 65.1. The van der Waals surface area contributed by atoms with Gasteiger partial charge in [-0.2, -0.15) is 0 Å². The highest BCUT2D eigenvalue weighted by Gasteiger charge is 2.19. The quantitative estimate of drug-likeness (QED) is 0.0262. The maximum absolute atomic E-state index is 12.8. The number of unbranched alkanes of at least 4 members (excludes halogenated alkanes) is 32. The zero-order valence-corrected chi connectivity index (χ0v) is 45.1. The predicted molar refractivity (Wildman–Crippen MR) is 293 cm³/mol. The molecule has 0 amide bonds. The average molecular weight is 952 g/mol. The Morgan fingerprint density at radius 2 is 0.529 bits per heavy atom. The van der Waals surface area contributed by atoms with Crippen LogP contribution < -0.4 is 0 Å². The molecule has 0 saturated carbocycles. The van der Waals surface area contributed by atoms with Gasteiger partial charge in [0.25, 0.3) is 0 Å². The summed E-state index contributed by atoms with van der Waals surface area (Å²) in [6.45, 7) is 6.56. The number of hydrogen-bond donors (Lipinski definition) is 0. The van der Waals surface area contributed by atoms with E-state index in [-0.39, 0.29) is 31.1 Å². The van der Waals surface area contributed by atoms with Crippen molar-refractivity contribution in [2.45, 2.75) is 303 Å². The lowest BCUT2D eigenvalue weighted by atomic mass is 10.0. The lowest BCUT2D eigenvalue weighted by molar-refractivity contribution is -0.167. The van der Waals surface area contributed by atoms with E-state index in [0.29, 0.717) is 19.3 Å². The van der Waals surface area contributed by atoms with E-state index in [1.165, 1.54) is 173 Å². The van der Waals surface area contributed by atoms with Gasteiger partial charge < -0.3 is 14.2 Å². The molecule has 0 aliphatic rings. The number of hydrogen-bond acceptors (Lipinski definition) is 6. The van der Waals surface area contributed by atoms with E-state index in [1.807, 2.05) is 0 Å². The molecule has 0 heterocycles. The molecule has 0 aromatic heterocycles. The highest BCUT2D eigenvalue weighted by molar-refractivity contribution is 5.71. The molecule has 0 aromatic carbocycles. The van der Waals surface area contributed by atoms with E-state index in [1.54, 1.807) is 0 Å². The van der Waals surface area contributed by atoms with Crippen LogP contribution in [0.15, 0.2) is 60.8 Å². The minimum Gasteiger partial charge on any atom is -0.462 e. The number of rotatable bonds is 53. The van der Waals surface area contributed by atoms with Gasteiger partial charge in [0.05, 0.1) is 0 Å². The molecule has 0 aliphatic heterocycles. The van der Waals surface area contributed by atoms with Crippen LogP contribution in [0.1, 0.15) is 297 Å². The van der Waals surface area contributed by atoms with Crippen LogP contribution in [0.4, 0.5) is 0 Å². The molecule has 1 unspecified atom stereocenters. The minimum atomic E-state index is -0.775. The number of allylic oxidation sites excluding steroid dienone is 10. The summed E-state index contributed by atoms with van der Waals surface area (Å²) in [7, 11) is 0. The molecule has 0 fully saturated rings. The normalized spacial score (nSPS) is 12.5. The lowest BCUT2D eigenvalue weighted by Gasteiger charge is -2.18. The Kier molecular flexibility index (Phi) is 54.3. The maximum atomic E-state index is 12.8. The molecule has 0 spiro atoms. The Hall–Kier alpha value is -2.89. The van der Waals surface area contributed by atoms with E-state index >= 15 is 0 Å². The second kappa shape index (κ2) is 56.7. The van der Waals surface area contributed by atoms with E-state index < -0.39 is 6.10 Å². The molecule has 0 saturated heterocycles. The summed E-state index contributed by atoms with van der Waals surface area (Å²) >= 11 is 0. The van der Waals surface area contributed by atoms with E-state index in [4.69, 9.17) is 14.2 Å². The number of carbonyl (C=O) groups is 3. The van der Waals surface area contributed by atoms with Crippen molar-refractivity contribution in [3.8, 4) is 0 Å². The molecule has 0 bridgehead atoms. The summed E-state index contributed by atoms with van der Waals surface area (Å²) in [5.74, 6) is -0.887. The molecule has 0 rings (SSSR count). The third kappa shape index (κ3) is 54.1. The first-order chi connectivity index (χ1) is 33.5. The average Bonchev–Trinajstić information content (AvgIpc) is 3.34. The zero-order valence-electron chi connectivity index (χ0n) is 45.1. The monoisotopic (exact) mass is 951 g/mol. The maximum Gasteiger partial charge on any atom is 0.306 e. The van der Waals surface area contributed by atoms with Gasteiger partial charge in [-0.1, -0.05) is 248 Å². The van der Waals surface area contributed by atoms with Gasteiger partial charge >= 0.3 is 17.9 Å². The molecule has 6 heteroatoms. The largest absolute Gasteiger partial charge is 0.462 e. The van der Waals surface area contributed by atoms with Crippen molar-refractivity contribution in [2.75, 3.05) is 13.2 Å². The van der Waals surface area contributed by atoms with Crippen LogP contribution in [0.5, 0.6) is 0 Å². The number of carbonyl (C=O) groups excluding carboxylic acids is 3. The third-order valence-corrected chi connectivity index (χ3v) is 12.7. The molecule has 0 aromatic rings. The van der Waals surface area contributed by atoms with Crippen molar-refractivity contribution in [2.24, 2.45) is 0 Å². The molecule has 0 N–H and O–H groups in total. The highest BCUT2D eigenvalue weighted by atomic mass is 16.6. The van der Waals surface area contributed by atoms with Crippen LogP contribution in [0.3, 0.4) is 0 Å². The molecule has 0 radical (unpaired) electrons. The van der Waals surface area contributed by atoms with Gasteiger partial charge in [-0.3, -0.25) is 14.4 Å². The lowest BCUT2D eigenvalue weighted by Crippen LogP contribution is -2.30. The standard InChI is InChI=1S/C62H110O6/c1-4-7-10-13-16-18-20-22-24-26-27-28-29-30-31-32-33-34-35-37-38-40-42-44-46-49-52-55-61(64)67-58-59(57-66-60(63)54-51-48-15-12-9-6-3)68-62(65)56-53-50-47-45-43-41-39-36-25-23-21-19-17-14-11-8-5-2/h17,19-20,22-23,25-27,29-30,59H,4-16,18,21,24,28,31-58H2,1-3H3/b19-17-,22-20-,25-23-,27-26-,30-29-. The third-order valence-electron chi connectivity index (χ3n) is 12.7. The van der Waals surface area contributed by atoms with E-state index in [2.05, 4.69) is 81.5 Å². The molecule has 0 aliphatic carbocycles. The second-order valence-corrected chi connectivity index (χ2v) is 19.6. The predicted octanol–water partition coefficient (Wildman–Crippen LogP) is 19.6. The first-order valence-electron chi connectivity index (χ1n) is 29.3. The second-order valence-electron chi connectivity index (χ2n) is 19.6. The SMILES string of the molecule is CCCCC/C=C\C/C=C\CCCCCCCCCC(=O)OC(COC(=O)CCCCCCCC)COC(=O)CCCCCCCCCCCCCC/C=C\C/C=C\C/C=C\CCCCCCC. The Bertz CT molecular complexity index is 1230. The van der Waals surface area contributed by atoms with Gasteiger partial charge in [0.15, 0.2) is 6.10 Å². The van der Waals surface area contributed by atoms with Crippen LogP contribution in [-0.2, 0) is 28.6 Å². The Balaban J connectivity index is 4.10. The summed E-state index contributed by atoms with van der Waals surface area (Å²) in [4.78, 5) is 37.9. The molecule has 68 heavy (non-hydrogen) atoms. The summed E-state index contributed by atoms with van der Waals surface area (Å²) in [6, 6.07) is 0. The van der Waals surface area contributed by atoms with Crippen LogP contribution in [-0.4, -0.2) is 37.2 Å². The van der Waals surface area contributed by atoms with Crippen molar-refractivity contribution in [3.63, 3.8) is 0 Å². The minimum absolute atomic E-state index is 0.0769. The highest BCUT2D eigenvalue weighted by Crippen LogP contribution is 2.16. The van der Waals surface area contributed by atoms with Crippen molar-refractivity contribution in [1.82, 2.24) is 0 Å². The van der Waals surface area contributed by atoms with E-state index in [9.17, 15) is 14.4 Å². The number of ether oxygens (including phenoxy) is 3.